The number of benzene rings is 1. The van der Waals surface area contributed by atoms with Crippen LogP contribution in [0, 0.1) is 11.2 Å². The molecule has 24 heavy (non-hydrogen) atoms. The molecule has 0 aliphatic carbocycles. The van der Waals surface area contributed by atoms with Crippen molar-refractivity contribution in [2.75, 3.05) is 19.8 Å². The Morgan fingerprint density at radius 2 is 1.88 bits per heavy atom. The molecule has 0 atom stereocenters. The van der Waals surface area contributed by atoms with Gasteiger partial charge in [-0.25, -0.2) is 4.39 Å². The number of halogens is 1. The molecule has 2 rings (SSSR count). The van der Waals surface area contributed by atoms with E-state index in [1.165, 1.54) is 24.3 Å². The van der Waals surface area contributed by atoms with E-state index >= 15 is 0 Å². The fourth-order valence-corrected chi connectivity index (χ4v) is 2.53. The summed E-state index contributed by atoms with van der Waals surface area (Å²) in [6, 6.07) is 5.35. The second kappa shape index (κ2) is 7.17. The van der Waals surface area contributed by atoms with Gasteiger partial charge in [-0.15, -0.1) is 0 Å². The highest BCUT2D eigenvalue weighted by atomic mass is 19.1. The van der Waals surface area contributed by atoms with Crippen LogP contribution in [0.25, 0.3) is 0 Å². The molecule has 2 N–H and O–H groups in total. The molecule has 1 amide bonds. The van der Waals surface area contributed by atoms with E-state index in [9.17, 15) is 19.1 Å². The minimum absolute atomic E-state index is 0.0146. The van der Waals surface area contributed by atoms with Crippen molar-refractivity contribution in [1.29, 1.82) is 0 Å². The van der Waals surface area contributed by atoms with E-state index in [0.717, 1.165) is 0 Å². The molecular formula is C17H22FNO5. The molecule has 1 aromatic carbocycles. The van der Waals surface area contributed by atoms with E-state index in [-0.39, 0.29) is 6.54 Å². The smallest absolute Gasteiger partial charge is 0.311 e. The van der Waals surface area contributed by atoms with Crippen LogP contribution < -0.4 is 10.1 Å². The molecule has 1 fully saturated rings. The van der Waals surface area contributed by atoms with Gasteiger partial charge < -0.3 is 19.9 Å². The summed E-state index contributed by atoms with van der Waals surface area (Å²) in [5, 5.41) is 12.2. The van der Waals surface area contributed by atoms with Gasteiger partial charge in [0.05, 0.1) is 5.41 Å². The average Bonchev–Trinajstić information content (AvgIpc) is 2.55. The number of rotatable bonds is 6. The summed E-state index contributed by atoms with van der Waals surface area (Å²) in [5.74, 6) is -1.41. The summed E-state index contributed by atoms with van der Waals surface area (Å²) in [4.78, 5) is 24.0. The zero-order valence-corrected chi connectivity index (χ0v) is 13.8. The first-order valence-corrected chi connectivity index (χ1v) is 7.79. The van der Waals surface area contributed by atoms with Gasteiger partial charge in [0.2, 0.25) is 0 Å². The number of nitrogens with one attached hydrogen (secondary N) is 1. The van der Waals surface area contributed by atoms with E-state index in [1.807, 2.05) is 0 Å². The Hall–Kier alpha value is -2.15. The molecule has 0 unspecified atom stereocenters. The normalized spacial score (nSPS) is 17.1. The number of hydrogen-bond donors (Lipinski definition) is 2. The lowest BCUT2D eigenvalue weighted by molar-refractivity contribution is -0.155. The van der Waals surface area contributed by atoms with Crippen molar-refractivity contribution in [3.05, 3.63) is 30.1 Å². The Labute approximate surface area is 139 Å². The predicted molar refractivity (Wildman–Crippen MR) is 84.2 cm³/mol. The first-order valence-electron chi connectivity index (χ1n) is 7.79. The van der Waals surface area contributed by atoms with Gasteiger partial charge in [-0.2, -0.15) is 0 Å². The molecule has 132 valence electrons. The Morgan fingerprint density at radius 3 is 2.42 bits per heavy atom. The van der Waals surface area contributed by atoms with Gasteiger partial charge in [0.25, 0.3) is 5.91 Å². The van der Waals surface area contributed by atoms with Crippen molar-refractivity contribution in [1.82, 2.24) is 5.32 Å². The second-order valence-electron chi connectivity index (χ2n) is 6.45. The predicted octanol–water partition coefficient (Wildman–Crippen LogP) is 1.98. The number of ether oxygens (including phenoxy) is 2. The molecule has 1 heterocycles. The number of carbonyl (C=O) groups excluding carboxylic acids is 1. The van der Waals surface area contributed by atoms with Crippen molar-refractivity contribution in [2.24, 2.45) is 5.41 Å². The van der Waals surface area contributed by atoms with E-state index in [2.05, 4.69) is 5.32 Å². The van der Waals surface area contributed by atoms with Gasteiger partial charge in [0, 0.05) is 19.8 Å². The van der Waals surface area contributed by atoms with Crippen LogP contribution in [-0.4, -0.2) is 42.3 Å². The number of carboxylic acid groups (broad SMARTS) is 1. The summed E-state index contributed by atoms with van der Waals surface area (Å²) >= 11 is 0. The zero-order chi connectivity index (χ0) is 17.8. The van der Waals surface area contributed by atoms with E-state index in [4.69, 9.17) is 9.47 Å². The molecule has 0 aromatic heterocycles. The first kappa shape index (κ1) is 18.2. The molecular weight excluding hydrogens is 317 g/mol. The van der Waals surface area contributed by atoms with Crippen LogP contribution in [0.2, 0.25) is 0 Å². The monoisotopic (exact) mass is 339 g/mol. The lowest BCUT2D eigenvalue weighted by atomic mass is 9.80. The first-order chi connectivity index (χ1) is 11.3. The van der Waals surface area contributed by atoms with Crippen molar-refractivity contribution >= 4 is 11.9 Å². The van der Waals surface area contributed by atoms with Gasteiger partial charge >= 0.3 is 5.97 Å². The van der Waals surface area contributed by atoms with Crippen molar-refractivity contribution in [3.8, 4) is 5.75 Å². The Bertz CT molecular complexity index is 594. The number of hydrogen-bond acceptors (Lipinski definition) is 4. The molecule has 1 saturated heterocycles. The summed E-state index contributed by atoms with van der Waals surface area (Å²) in [7, 11) is 0. The fraction of sp³-hybridized carbons (Fsp3) is 0.529. The maximum Gasteiger partial charge on any atom is 0.311 e. The highest BCUT2D eigenvalue weighted by Crippen LogP contribution is 2.30. The lowest BCUT2D eigenvalue weighted by Gasteiger charge is -2.34. The fourth-order valence-electron chi connectivity index (χ4n) is 2.53. The molecule has 1 aliphatic rings. The van der Waals surface area contributed by atoms with Crippen LogP contribution in [0.1, 0.15) is 26.7 Å². The Morgan fingerprint density at radius 1 is 1.29 bits per heavy atom. The molecule has 7 heteroatoms. The van der Waals surface area contributed by atoms with Crippen molar-refractivity contribution < 1.29 is 28.6 Å². The summed E-state index contributed by atoms with van der Waals surface area (Å²) in [5.41, 5.74) is -2.23. The molecule has 0 bridgehead atoms. The van der Waals surface area contributed by atoms with Crippen LogP contribution in [0.3, 0.4) is 0 Å². The van der Waals surface area contributed by atoms with E-state index in [0.29, 0.717) is 31.8 Å². The number of carboxylic acids is 1. The largest absolute Gasteiger partial charge is 0.481 e. The van der Waals surface area contributed by atoms with Gasteiger partial charge in [-0.1, -0.05) is 0 Å². The standard InChI is InChI=1S/C17H22FNO5/c1-16(2,24-13-5-3-12(18)4-6-13)14(20)19-11-17(15(21)22)7-9-23-10-8-17/h3-6H,7-11H2,1-2H3,(H,19,20)(H,21,22). The number of carbonyl (C=O) groups is 2. The molecule has 1 aromatic rings. The summed E-state index contributed by atoms with van der Waals surface area (Å²) < 4.78 is 23.7. The molecule has 0 spiro atoms. The Balaban J connectivity index is 1.99. The van der Waals surface area contributed by atoms with Gasteiger partial charge in [0.15, 0.2) is 5.60 Å². The third-order valence-electron chi connectivity index (χ3n) is 4.22. The highest BCUT2D eigenvalue weighted by molar-refractivity contribution is 5.85. The molecule has 0 saturated carbocycles. The lowest BCUT2D eigenvalue weighted by Crippen LogP contribution is -2.52. The molecule has 6 nitrogen and oxygen atoms in total. The zero-order valence-electron chi connectivity index (χ0n) is 13.8. The Kier molecular flexibility index (Phi) is 5.43. The topological polar surface area (TPSA) is 84.9 Å². The summed E-state index contributed by atoms with van der Waals surface area (Å²) in [6.45, 7) is 3.88. The second-order valence-corrected chi connectivity index (χ2v) is 6.45. The van der Waals surface area contributed by atoms with Crippen LogP contribution in [0.4, 0.5) is 4.39 Å². The number of aliphatic carboxylic acids is 1. The maximum absolute atomic E-state index is 12.9. The minimum atomic E-state index is -1.22. The van der Waals surface area contributed by atoms with Crippen LogP contribution in [0.5, 0.6) is 5.75 Å². The third kappa shape index (κ3) is 4.23. The average molecular weight is 339 g/mol. The highest BCUT2D eigenvalue weighted by Gasteiger charge is 2.41. The van der Waals surface area contributed by atoms with E-state index in [1.54, 1.807) is 13.8 Å². The van der Waals surface area contributed by atoms with Gasteiger partial charge in [0.1, 0.15) is 11.6 Å². The number of amides is 1. The maximum atomic E-state index is 12.9. The molecule has 1 aliphatic heterocycles. The van der Waals surface area contributed by atoms with Crippen LogP contribution in [-0.2, 0) is 14.3 Å². The summed E-state index contributed by atoms with van der Waals surface area (Å²) in [6.07, 6.45) is 0.698. The van der Waals surface area contributed by atoms with Crippen molar-refractivity contribution in [3.63, 3.8) is 0 Å². The molecule has 0 radical (unpaired) electrons. The third-order valence-corrected chi connectivity index (χ3v) is 4.22. The van der Waals surface area contributed by atoms with Gasteiger partial charge in [-0.05, 0) is 51.0 Å². The minimum Gasteiger partial charge on any atom is -0.481 e. The van der Waals surface area contributed by atoms with Crippen molar-refractivity contribution in [2.45, 2.75) is 32.3 Å². The SMILES string of the molecule is CC(C)(Oc1ccc(F)cc1)C(=O)NCC1(C(=O)O)CCOCC1. The van der Waals surface area contributed by atoms with Crippen LogP contribution in [0.15, 0.2) is 24.3 Å². The van der Waals surface area contributed by atoms with Gasteiger partial charge in [-0.3, -0.25) is 9.59 Å². The van der Waals surface area contributed by atoms with Crippen LogP contribution >= 0.6 is 0 Å². The van der Waals surface area contributed by atoms with E-state index < -0.39 is 28.7 Å². The quantitative estimate of drug-likeness (QED) is 0.828.